The van der Waals surface area contributed by atoms with E-state index in [0.29, 0.717) is 6.42 Å². The molecule has 0 aliphatic carbocycles. The number of thioether (sulfide) groups is 1. The van der Waals surface area contributed by atoms with Crippen LogP contribution in [-0.4, -0.2) is 23.5 Å². The first-order chi connectivity index (χ1) is 7.71. The summed E-state index contributed by atoms with van der Waals surface area (Å²) in [7, 11) is -3.09. The molecule has 0 N–H and O–H groups in total. The Morgan fingerprint density at radius 2 is 1.65 bits per heavy atom. The Morgan fingerprint density at radius 1 is 1.24 bits per heavy atom. The minimum absolute atomic E-state index is 0.112. The fourth-order valence-electron chi connectivity index (χ4n) is 1.37. The molecule has 102 valence electrons. The van der Waals surface area contributed by atoms with Crippen LogP contribution >= 0.6 is 19.4 Å². The standard InChI is InChI=1S/C12H25O3PS/c1-9(2)8-12(17-7)16(13,14-10(3)4)15-11(5)6/h10-12H,1,8H2,2-7H3. The third kappa shape index (κ3) is 6.66. The van der Waals surface area contributed by atoms with Crippen molar-refractivity contribution in [2.45, 2.75) is 58.2 Å². The number of allylic oxidation sites excluding steroid dienone is 1. The van der Waals surface area contributed by atoms with E-state index in [2.05, 4.69) is 6.58 Å². The van der Waals surface area contributed by atoms with Crippen LogP contribution in [-0.2, 0) is 13.6 Å². The van der Waals surface area contributed by atoms with Crippen LogP contribution in [0.3, 0.4) is 0 Å². The molecule has 1 atom stereocenters. The number of hydrogen-bond donors (Lipinski definition) is 0. The summed E-state index contributed by atoms with van der Waals surface area (Å²) in [6.07, 6.45) is 2.35. The lowest BCUT2D eigenvalue weighted by Gasteiger charge is -2.28. The van der Waals surface area contributed by atoms with Crippen molar-refractivity contribution < 1.29 is 13.6 Å². The van der Waals surface area contributed by atoms with Gasteiger partial charge in [-0.25, -0.2) is 0 Å². The fraction of sp³-hybridized carbons (Fsp3) is 0.833. The van der Waals surface area contributed by atoms with Crippen molar-refractivity contribution in [2.24, 2.45) is 0 Å². The van der Waals surface area contributed by atoms with Crippen molar-refractivity contribution in [3.63, 3.8) is 0 Å². The van der Waals surface area contributed by atoms with E-state index in [9.17, 15) is 4.57 Å². The Labute approximate surface area is 110 Å². The highest BCUT2D eigenvalue weighted by Gasteiger charge is 2.37. The highest BCUT2D eigenvalue weighted by molar-refractivity contribution is 8.04. The summed E-state index contributed by atoms with van der Waals surface area (Å²) in [6.45, 7) is 13.3. The molecule has 0 aromatic carbocycles. The Hall–Kier alpha value is 0.240. The second-order valence-electron chi connectivity index (χ2n) is 4.70. The average molecular weight is 280 g/mol. The highest BCUT2D eigenvalue weighted by Crippen LogP contribution is 2.59. The van der Waals surface area contributed by atoms with Gasteiger partial charge in [0, 0.05) is 0 Å². The first-order valence-electron chi connectivity index (χ1n) is 5.85. The van der Waals surface area contributed by atoms with Crippen molar-refractivity contribution in [3.05, 3.63) is 12.2 Å². The summed E-state index contributed by atoms with van der Waals surface area (Å²) in [5.41, 5.74) is 0.990. The van der Waals surface area contributed by atoms with E-state index >= 15 is 0 Å². The van der Waals surface area contributed by atoms with Crippen LogP contribution < -0.4 is 0 Å². The first kappa shape index (κ1) is 17.2. The van der Waals surface area contributed by atoms with Gasteiger partial charge in [-0.1, -0.05) is 5.57 Å². The summed E-state index contributed by atoms with van der Waals surface area (Å²) in [4.78, 5) is -0.176. The van der Waals surface area contributed by atoms with Gasteiger partial charge in [0.15, 0.2) is 0 Å². The summed E-state index contributed by atoms with van der Waals surface area (Å²) in [5, 5.41) is 0. The maximum absolute atomic E-state index is 12.8. The van der Waals surface area contributed by atoms with Gasteiger partial charge < -0.3 is 9.05 Å². The number of rotatable bonds is 8. The Bertz CT molecular complexity index is 275. The van der Waals surface area contributed by atoms with Crippen LogP contribution in [0.5, 0.6) is 0 Å². The summed E-state index contributed by atoms with van der Waals surface area (Å²) < 4.78 is 23.9. The Morgan fingerprint density at radius 3 is 1.88 bits per heavy atom. The van der Waals surface area contributed by atoms with Crippen LogP contribution in [0.15, 0.2) is 12.2 Å². The molecule has 0 bridgehead atoms. The maximum Gasteiger partial charge on any atom is 0.344 e. The van der Waals surface area contributed by atoms with Gasteiger partial charge in [0.05, 0.1) is 12.2 Å². The topological polar surface area (TPSA) is 35.5 Å². The van der Waals surface area contributed by atoms with E-state index in [1.807, 2.05) is 40.9 Å². The molecule has 0 aromatic heterocycles. The van der Waals surface area contributed by atoms with Gasteiger partial charge in [0.25, 0.3) is 0 Å². The van der Waals surface area contributed by atoms with Crippen LogP contribution in [0.1, 0.15) is 41.0 Å². The molecule has 3 nitrogen and oxygen atoms in total. The molecule has 0 radical (unpaired) electrons. The van der Waals surface area contributed by atoms with Gasteiger partial charge in [-0.3, -0.25) is 4.57 Å². The maximum atomic E-state index is 12.8. The summed E-state index contributed by atoms with van der Waals surface area (Å²) in [5.74, 6) is 0. The molecular weight excluding hydrogens is 255 g/mol. The number of hydrogen-bond acceptors (Lipinski definition) is 4. The van der Waals surface area contributed by atoms with Gasteiger partial charge in [0.2, 0.25) is 0 Å². The quantitative estimate of drug-likeness (QED) is 0.477. The van der Waals surface area contributed by atoms with Crippen molar-refractivity contribution in [3.8, 4) is 0 Å². The smallest absolute Gasteiger partial charge is 0.305 e. The second-order valence-corrected chi connectivity index (χ2v) is 8.21. The molecule has 0 rings (SSSR count). The predicted octanol–water partition coefficient (Wildman–Crippen LogP) is 4.68. The van der Waals surface area contributed by atoms with Gasteiger partial charge in [-0.15, -0.1) is 18.3 Å². The van der Waals surface area contributed by atoms with Crippen molar-refractivity contribution in [1.29, 1.82) is 0 Å². The zero-order valence-corrected chi connectivity index (χ0v) is 13.4. The van der Waals surface area contributed by atoms with Crippen LogP contribution in [0.2, 0.25) is 0 Å². The molecule has 1 unspecified atom stereocenters. The predicted molar refractivity (Wildman–Crippen MR) is 76.8 cm³/mol. The van der Waals surface area contributed by atoms with Crippen LogP contribution in [0.25, 0.3) is 0 Å². The lowest BCUT2D eigenvalue weighted by Crippen LogP contribution is -2.16. The third-order valence-corrected chi connectivity index (χ3v) is 6.30. The lowest BCUT2D eigenvalue weighted by molar-refractivity contribution is 0.141. The molecule has 17 heavy (non-hydrogen) atoms. The lowest BCUT2D eigenvalue weighted by atomic mass is 10.3. The molecule has 5 heteroatoms. The normalized spacial score (nSPS) is 14.4. The van der Waals surface area contributed by atoms with Gasteiger partial charge in [0.1, 0.15) is 4.99 Å². The zero-order valence-electron chi connectivity index (χ0n) is 11.7. The van der Waals surface area contributed by atoms with Crippen LogP contribution in [0.4, 0.5) is 0 Å². The molecule has 0 aliphatic rings. The van der Waals surface area contributed by atoms with Crippen molar-refractivity contribution in [2.75, 3.05) is 6.26 Å². The van der Waals surface area contributed by atoms with E-state index in [1.165, 1.54) is 11.8 Å². The van der Waals surface area contributed by atoms with Gasteiger partial charge in [-0.2, -0.15) is 0 Å². The zero-order chi connectivity index (χ0) is 13.6. The van der Waals surface area contributed by atoms with Crippen LogP contribution in [0, 0.1) is 0 Å². The summed E-state index contributed by atoms with van der Waals surface area (Å²) in [6, 6.07) is 0. The molecule has 0 saturated heterocycles. The second kappa shape index (κ2) is 7.63. The molecule has 0 heterocycles. The van der Waals surface area contributed by atoms with E-state index in [1.54, 1.807) is 0 Å². The van der Waals surface area contributed by atoms with E-state index < -0.39 is 7.60 Å². The molecule has 0 amide bonds. The van der Waals surface area contributed by atoms with Gasteiger partial charge in [-0.05, 0) is 47.3 Å². The first-order valence-corrected chi connectivity index (χ1v) is 8.75. The Kier molecular flexibility index (Phi) is 7.73. The van der Waals surface area contributed by atoms with Gasteiger partial charge >= 0.3 is 7.60 Å². The SMILES string of the molecule is C=C(C)CC(SC)P(=O)(OC(C)C)OC(C)C. The van der Waals surface area contributed by atoms with E-state index in [0.717, 1.165) is 5.57 Å². The van der Waals surface area contributed by atoms with E-state index in [-0.39, 0.29) is 17.2 Å². The third-order valence-electron chi connectivity index (χ3n) is 1.86. The average Bonchev–Trinajstić information content (AvgIpc) is 2.10. The minimum Gasteiger partial charge on any atom is -0.305 e. The van der Waals surface area contributed by atoms with Crippen molar-refractivity contribution >= 4 is 19.4 Å². The minimum atomic E-state index is -3.09. The molecule has 0 fully saturated rings. The molecule has 0 spiro atoms. The molecule has 0 aromatic rings. The van der Waals surface area contributed by atoms with E-state index in [4.69, 9.17) is 9.05 Å². The molecular formula is C12H25O3PS. The highest BCUT2D eigenvalue weighted by atomic mass is 32.2. The molecule has 0 saturated carbocycles. The fourth-order valence-corrected chi connectivity index (χ4v) is 5.18. The molecule has 0 aliphatic heterocycles. The largest absolute Gasteiger partial charge is 0.344 e. The Balaban J connectivity index is 4.97. The van der Waals surface area contributed by atoms with Crippen molar-refractivity contribution in [1.82, 2.24) is 0 Å². The monoisotopic (exact) mass is 280 g/mol. The summed E-state index contributed by atoms with van der Waals surface area (Å²) >= 11 is 1.52.